The lowest BCUT2D eigenvalue weighted by Crippen LogP contribution is -2.19. The number of nitrogens with zero attached hydrogens (tertiary/aromatic N) is 3. The highest BCUT2D eigenvalue weighted by Gasteiger charge is 2.16. The molecule has 7 heteroatoms. The van der Waals surface area contributed by atoms with Crippen molar-refractivity contribution in [3.8, 4) is 0 Å². The lowest BCUT2D eigenvalue weighted by Gasteiger charge is -2.19. The number of rotatable bonds is 3. The van der Waals surface area contributed by atoms with Crippen molar-refractivity contribution in [2.45, 2.75) is 19.4 Å². The fourth-order valence-corrected chi connectivity index (χ4v) is 2.24. The summed E-state index contributed by atoms with van der Waals surface area (Å²) in [7, 11) is 1.88. The van der Waals surface area contributed by atoms with Gasteiger partial charge in [-0.3, -0.25) is 4.79 Å². The Kier molecular flexibility index (Phi) is 3.02. The van der Waals surface area contributed by atoms with Gasteiger partial charge in [-0.1, -0.05) is 0 Å². The number of nitrogen functional groups attached to an aromatic ring is 1. The lowest BCUT2D eigenvalue weighted by molar-refractivity contribution is -0.116. The normalized spacial score (nSPS) is 13.8. The number of hydrogen-bond acceptors (Lipinski definition) is 5. The second-order valence-electron chi connectivity index (χ2n) is 4.86. The van der Waals surface area contributed by atoms with Gasteiger partial charge < -0.3 is 20.9 Å². The van der Waals surface area contributed by atoms with Crippen LogP contribution in [-0.2, 0) is 24.8 Å². The number of hydrogen-bond donors (Lipinski definition) is 3. The molecule has 1 aromatic carbocycles. The van der Waals surface area contributed by atoms with Crippen LogP contribution in [0, 0.1) is 0 Å². The maximum absolute atomic E-state index is 11.4. The smallest absolute Gasteiger partial charge is 0.224 e. The molecule has 1 aliphatic rings. The van der Waals surface area contributed by atoms with Gasteiger partial charge in [0.1, 0.15) is 6.33 Å². The highest BCUT2D eigenvalue weighted by molar-refractivity contribution is 5.95. The molecule has 0 radical (unpaired) electrons. The molecular formula is C13H16N6O. The molecule has 0 saturated carbocycles. The van der Waals surface area contributed by atoms with Crippen molar-refractivity contribution in [3.63, 3.8) is 0 Å². The van der Waals surface area contributed by atoms with Gasteiger partial charge in [0.25, 0.3) is 0 Å². The maximum atomic E-state index is 11.4. The van der Waals surface area contributed by atoms with E-state index < -0.39 is 0 Å². The number of carbonyl (C=O) groups is 1. The van der Waals surface area contributed by atoms with Gasteiger partial charge in [0.2, 0.25) is 5.91 Å². The summed E-state index contributed by atoms with van der Waals surface area (Å²) < 4.78 is 1.84. The average molecular weight is 272 g/mol. The molecule has 7 nitrogen and oxygen atoms in total. The summed E-state index contributed by atoms with van der Waals surface area (Å²) in [6.07, 6.45) is 2.89. The topological polar surface area (TPSA) is 97.9 Å². The van der Waals surface area contributed by atoms with E-state index >= 15 is 0 Å². The molecule has 4 N–H and O–H groups in total. The molecule has 0 atom stereocenters. The van der Waals surface area contributed by atoms with Crippen LogP contribution < -0.4 is 16.4 Å². The molecule has 1 amide bonds. The van der Waals surface area contributed by atoms with E-state index in [0.717, 1.165) is 29.2 Å². The van der Waals surface area contributed by atoms with E-state index in [1.165, 1.54) is 0 Å². The summed E-state index contributed by atoms with van der Waals surface area (Å²) in [4.78, 5) is 11.4. The summed E-state index contributed by atoms with van der Waals surface area (Å²) in [6.45, 7) is 0.521. The molecule has 0 saturated heterocycles. The Labute approximate surface area is 116 Å². The number of carbonyl (C=O) groups excluding carboxylic acids is 1. The molecule has 0 fully saturated rings. The Morgan fingerprint density at radius 3 is 3.05 bits per heavy atom. The predicted molar refractivity (Wildman–Crippen MR) is 76.1 cm³/mol. The van der Waals surface area contributed by atoms with E-state index in [1.54, 1.807) is 6.33 Å². The van der Waals surface area contributed by atoms with Crippen molar-refractivity contribution in [2.24, 2.45) is 7.05 Å². The van der Waals surface area contributed by atoms with Gasteiger partial charge >= 0.3 is 0 Å². The quantitative estimate of drug-likeness (QED) is 0.721. The fraction of sp³-hybridized carbons (Fsp3) is 0.308. The van der Waals surface area contributed by atoms with Crippen molar-refractivity contribution in [1.82, 2.24) is 14.8 Å². The largest absolute Gasteiger partial charge is 0.397 e. The Morgan fingerprint density at radius 1 is 1.45 bits per heavy atom. The number of benzene rings is 1. The van der Waals surface area contributed by atoms with Crippen molar-refractivity contribution < 1.29 is 4.79 Å². The van der Waals surface area contributed by atoms with E-state index in [0.29, 0.717) is 18.7 Å². The molecule has 3 rings (SSSR count). The minimum atomic E-state index is 0.0431. The number of aromatic nitrogens is 3. The number of amides is 1. The molecule has 0 unspecified atom stereocenters. The van der Waals surface area contributed by atoms with Crippen LogP contribution in [-0.4, -0.2) is 20.7 Å². The minimum absolute atomic E-state index is 0.0431. The molecule has 1 aromatic heterocycles. The van der Waals surface area contributed by atoms with Crippen LogP contribution in [0.2, 0.25) is 0 Å². The van der Waals surface area contributed by atoms with Crippen molar-refractivity contribution in [1.29, 1.82) is 0 Å². The molecule has 2 aromatic rings. The molecule has 1 aliphatic heterocycles. The van der Waals surface area contributed by atoms with E-state index in [1.807, 2.05) is 23.7 Å². The van der Waals surface area contributed by atoms with E-state index in [4.69, 9.17) is 5.73 Å². The second kappa shape index (κ2) is 4.84. The predicted octanol–water partition coefficient (Wildman–Crippen LogP) is 0.894. The number of fused-ring (bicyclic) bond motifs is 1. The van der Waals surface area contributed by atoms with Gasteiger partial charge in [-0.05, 0) is 24.1 Å². The fourth-order valence-electron chi connectivity index (χ4n) is 2.24. The van der Waals surface area contributed by atoms with Crippen LogP contribution in [0.3, 0.4) is 0 Å². The van der Waals surface area contributed by atoms with Gasteiger partial charge in [0.05, 0.1) is 17.9 Å². The molecule has 104 valence electrons. The third-order valence-electron chi connectivity index (χ3n) is 3.41. The number of nitrogens with one attached hydrogen (secondary N) is 2. The van der Waals surface area contributed by atoms with E-state index in [9.17, 15) is 4.79 Å². The first kappa shape index (κ1) is 12.5. The van der Waals surface area contributed by atoms with Gasteiger partial charge in [0.15, 0.2) is 5.82 Å². The first-order valence-corrected chi connectivity index (χ1v) is 6.42. The highest BCUT2D eigenvalue weighted by atomic mass is 16.1. The summed E-state index contributed by atoms with van der Waals surface area (Å²) >= 11 is 0. The van der Waals surface area contributed by atoms with Crippen LogP contribution in [0.15, 0.2) is 18.5 Å². The van der Waals surface area contributed by atoms with Crippen LogP contribution >= 0.6 is 0 Å². The summed E-state index contributed by atoms with van der Waals surface area (Å²) in [6, 6.07) is 3.78. The standard InChI is InChI=1S/C13H16N6O/c1-19-7-16-18-12(19)6-15-11-5-10-8(4-9(11)14)2-3-13(20)17-10/h4-5,7,15H,2-3,6,14H2,1H3,(H,17,20). The average Bonchev–Trinajstić information content (AvgIpc) is 2.82. The Hall–Kier alpha value is -2.57. The Balaban J connectivity index is 1.81. The zero-order valence-electron chi connectivity index (χ0n) is 11.2. The molecule has 0 bridgehead atoms. The zero-order chi connectivity index (χ0) is 14.1. The summed E-state index contributed by atoms with van der Waals surface area (Å²) in [5.74, 6) is 0.854. The third-order valence-corrected chi connectivity index (χ3v) is 3.41. The summed E-state index contributed by atoms with van der Waals surface area (Å²) in [5.41, 5.74) is 9.40. The van der Waals surface area contributed by atoms with Gasteiger partial charge in [-0.25, -0.2) is 0 Å². The van der Waals surface area contributed by atoms with Gasteiger partial charge in [-0.15, -0.1) is 10.2 Å². The maximum Gasteiger partial charge on any atom is 0.224 e. The molecule has 0 spiro atoms. The molecule has 0 aliphatic carbocycles. The number of aryl methyl sites for hydroxylation is 2. The molecule has 20 heavy (non-hydrogen) atoms. The molecule has 2 heterocycles. The number of anilines is 3. The first-order valence-electron chi connectivity index (χ1n) is 6.42. The molecular weight excluding hydrogens is 256 g/mol. The zero-order valence-corrected chi connectivity index (χ0v) is 11.2. The van der Waals surface area contributed by atoms with Gasteiger partial charge in [-0.2, -0.15) is 0 Å². The van der Waals surface area contributed by atoms with Crippen molar-refractivity contribution >= 4 is 23.0 Å². The summed E-state index contributed by atoms with van der Waals surface area (Å²) in [5, 5.41) is 13.9. The first-order chi connectivity index (χ1) is 9.63. The van der Waals surface area contributed by atoms with Crippen LogP contribution in [0.4, 0.5) is 17.1 Å². The Morgan fingerprint density at radius 2 is 2.30 bits per heavy atom. The third kappa shape index (κ3) is 2.29. The van der Waals surface area contributed by atoms with Crippen molar-refractivity contribution in [2.75, 3.05) is 16.4 Å². The lowest BCUT2D eigenvalue weighted by atomic mass is 10.0. The SMILES string of the molecule is Cn1cnnc1CNc1cc2c(cc1N)CCC(=O)N2. The van der Waals surface area contributed by atoms with Crippen molar-refractivity contribution in [3.05, 3.63) is 29.8 Å². The Bertz CT molecular complexity index is 663. The van der Waals surface area contributed by atoms with Crippen LogP contribution in [0.5, 0.6) is 0 Å². The minimum Gasteiger partial charge on any atom is -0.397 e. The van der Waals surface area contributed by atoms with E-state index in [-0.39, 0.29) is 5.91 Å². The highest BCUT2D eigenvalue weighted by Crippen LogP contribution is 2.31. The van der Waals surface area contributed by atoms with Crippen LogP contribution in [0.25, 0.3) is 0 Å². The monoisotopic (exact) mass is 272 g/mol. The number of nitrogens with two attached hydrogens (primary N) is 1. The van der Waals surface area contributed by atoms with Crippen LogP contribution in [0.1, 0.15) is 17.8 Å². The van der Waals surface area contributed by atoms with Gasteiger partial charge in [0, 0.05) is 19.2 Å². The second-order valence-corrected chi connectivity index (χ2v) is 4.86. The van der Waals surface area contributed by atoms with E-state index in [2.05, 4.69) is 20.8 Å².